The first-order valence-corrected chi connectivity index (χ1v) is 10.5. The Hall–Kier alpha value is -3.52. The van der Waals surface area contributed by atoms with E-state index in [9.17, 15) is 14.9 Å². The highest BCUT2D eigenvalue weighted by Gasteiger charge is 2.27. The smallest absolute Gasteiger partial charge is 0.270 e. The van der Waals surface area contributed by atoms with Crippen molar-refractivity contribution in [3.8, 4) is 11.3 Å². The number of fused-ring (bicyclic) bond motifs is 2. The fourth-order valence-corrected chi connectivity index (χ4v) is 4.99. The lowest BCUT2D eigenvalue weighted by Crippen LogP contribution is -2.35. The molecule has 8 heteroatoms. The Labute approximate surface area is 176 Å². The molecular weight excluding hydrogens is 400 g/mol. The summed E-state index contributed by atoms with van der Waals surface area (Å²) in [7, 11) is 0. The standard InChI is InChI=1S/C22H18N4O3S/c1-14-20(21(27)24-11-5-8-15-6-2-3-10-19(15)24)30-22-23-18(13-25(14)22)16-7-4-9-17(12-16)26(28)29/h2-4,6-7,9-10,12-13H,5,8,11H2,1H3. The molecule has 0 N–H and O–H groups in total. The number of hydrogen-bond acceptors (Lipinski definition) is 5. The molecule has 5 rings (SSSR count). The molecule has 0 radical (unpaired) electrons. The number of amides is 1. The first-order valence-electron chi connectivity index (χ1n) is 9.66. The number of rotatable bonds is 3. The lowest BCUT2D eigenvalue weighted by atomic mass is 10.0. The first-order chi connectivity index (χ1) is 14.5. The number of imidazole rings is 1. The monoisotopic (exact) mass is 418 g/mol. The van der Waals surface area contributed by atoms with E-state index in [1.54, 1.807) is 12.1 Å². The lowest BCUT2D eigenvalue weighted by Gasteiger charge is -2.29. The van der Waals surface area contributed by atoms with Gasteiger partial charge in [-0.3, -0.25) is 19.3 Å². The van der Waals surface area contributed by atoms with Crippen molar-refractivity contribution in [2.45, 2.75) is 19.8 Å². The van der Waals surface area contributed by atoms with E-state index in [-0.39, 0.29) is 11.6 Å². The number of nitro groups is 1. The van der Waals surface area contributed by atoms with Gasteiger partial charge >= 0.3 is 0 Å². The van der Waals surface area contributed by atoms with Gasteiger partial charge in [0.2, 0.25) is 0 Å². The highest BCUT2D eigenvalue weighted by atomic mass is 32.1. The highest BCUT2D eigenvalue weighted by Crippen LogP contribution is 2.33. The summed E-state index contributed by atoms with van der Waals surface area (Å²) in [5.41, 5.74) is 4.36. The number of hydrogen-bond donors (Lipinski definition) is 0. The van der Waals surface area contributed by atoms with Gasteiger partial charge in [-0.15, -0.1) is 0 Å². The summed E-state index contributed by atoms with van der Waals surface area (Å²) >= 11 is 1.35. The third-order valence-corrected chi connectivity index (χ3v) is 6.60. The van der Waals surface area contributed by atoms with E-state index in [4.69, 9.17) is 0 Å². The second kappa shape index (κ2) is 7.07. The average molecular weight is 418 g/mol. The number of aryl methyl sites for hydroxylation is 2. The zero-order chi connectivity index (χ0) is 20.8. The maximum atomic E-state index is 13.3. The molecule has 0 atom stereocenters. The number of thiazole rings is 1. The number of carbonyl (C=O) groups excluding carboxylic acids is 1. The molecule has 7 nitrogen and oxygen atoms in total. The SMILES string of the molecule is Cc1c(C(=O)N2CCCc3ccccc32)sc2nc(-c3cccc([N+](=O)[O-])c3)cn12. The third kappa shape index (κ3) is 2.96. The van der Waals surface area contributed by atoms with Gasteiger partial charge in [-0.25, -0.2) is 4.98 Å². The number of non-ortho nitro benzene ring substituents is 1. The molecule has 1 aliphatic rings. The second-order valence-electron chi connectivity index (χ2n) is 7.29. The van der Waals surface area contributed by atoms with Crippen molar-refractivity contribution in [3.05, 3.63) is 81.0 Å². The number of aromatic nitrogens is 2. The Morgan fingerprint density at radius 1 is 1.20 bits per heavy atom. The molecule has 1 aliphatic heterocycles. The van der Waals surface area contributed by atoms with E-state index >= 15 is 0 Å². The van der Waals surface area contributed by atoms with Crippen LogP contribution in [0.1, 0.15) is 27.3 Å². The van der Waals surface area contributed by atoms with Gasteiger partial charge in [-0.05, 0) is 31.4 Å². The summed E-state index contributed by atoms with van der Waals surface area (Å²) < 4.78 is 1.89. The van der Waals surface area contributed by atoms with Crippen LogP contribution in [-0.2, 0) is 6.42 Å². The Balaban J connectivity index is 1.51. The van der Waals surface area contributed by atoms with Gasteiger partial charge in [0.1, 0.15) is 4.88 Å². The minimum Gasteiger partial charge on any atom is -0.307 e. The van der Waals surface area contributed by atoms with Crippen molar-refractivity contribution in [1.29, 1.82) is 0 Å². The first kappa shape index (κ1) is 18.5. The molecule has 0 saturated heterocycles. The molecule has 2 aromatic carbocycles. The number of para-hydroxylation sites is 1. The molecule has 0 saturated carbocycles. The van der Waals surface area contributed by atoms with Crippen LogP contribution in [0, 0.1) is 17.0 Å². The molecule has 30 heavy (non-hydrogen) atoms. The third-order valence-electron chi connectivity index (χ3n) is 5.46. The molecule has 0 unspecified atom stereocenters. The van der Waals surface area contributed by atoms with E-state index in [0.717, 1.165) is 24.2 Å². The summed E-state index contributed by atoms with van der Waals surface area (Å²) in [5, 5.41) is 11.1. The molecule has 4 aromatic rings. The minimum atomic E-state index is -0.416. The van der Waals surface area contributed by atoms with Gasteiger partial charge in [0.05, 0.1) is 10.6 Å². The highest BCUT2D eigenvalue weighted by molar-refractivity contribution is 7.19. The van der Waals surface area contributed by atoms with E-state index in [1.807, 2.05) is 40.6 Å². The van der Waals surface area contributed by atoms with Gasteiger partial charge in [0.25, 0.3) is 11.6 Å². The van der Waals surface area contributed by atoms with E-state index < -0.39 is 4.92 Å². The number of anilines is 1. The molecule has 2 aromatic heterocycles. The normalized spacial score (nSPS) is 13.4. The van der Waals surface area contributed by atoms with Gasteiger partial charge in [-0.1, -0.05) is 41.7 Å². The minimum absolute atomic E-state index is 0.00736. The maximum Gasteiger partial charge on any atom is 0.270 e. The van der Waals surface area contributed by atoms with Gasteiger partial charge < -0.3 is 4.90 Å². The summed E-state index contributed by atoms with van der Waals surface area (Å²) in [6.45, 7) is 2.61. The lowest BCUT2D eigenvalue weighted by molar-refractivity contribution is -0.384. The number of nitrogens with zero attached hydrogens (tertiary/aromatic N) is 4. The predicted molar refractivity (Wildman–Crippen MR) is 116 cm³/mol. The predicted octanol–water partition coefficient (Wildman–Crippen LogP) is 4.87. The Morgan fingerprint density at radius 2 is 2.03 bits per heavy atom. The summed E-state index contributed by atoms with van der Waals surface area (Å²) in [4.78, 5) is 31.8. The molecular formula is C22H18N4O3S. The number of carbonyl (C=O) groups is 1. The van der Waals surface area contributed by atoms with Crippen LogP contribution < -0.4 is 4.90 Å². The number of benzene rings is 2. The molecule has 150 valence electrons. The zero-order valence-corrected chi connectivity index (χ0v) is 17.1. The van der Waals surface area contributed by atoms with Crippen LogP contribution in [0.25, 0.3) is 16.2 Å². The van der Waals surface area contributed by atoms with Crippen LogP contribution in [0.4, 0.5) is 11.4 Å². The van der Waals surface area contributed by atoms with Crippen LogP contribution in [0.3, 0.4) is 0 Å². The molecule has 0 spiro atoms. The van der Waals surface area contributed by atoms with Crippen LogP contribution in [-0.4, -0.2) is 26.8 Å². The average Bonchev–Trinajstić information content (AvgIpc) is 3.32. The molecule has 1 amide bonds. The van der Waals surface area contributed by atoms with Crippen LogP contribution in [0.5, 0.6) is 0 Å². The quantitative estimate of drug-likeness (QED) is 0.351. The molecule has 0 aliphatic carbocycles. The van der Waals surface area contributed by atoms with Crippen LogP contribution in [0.15, 0.2) is 54.7 Å². The van der Waals surface area contributed by atoms with Crippen molar-refractivity contribution in [2.75, 3.05) is 11.4 Å². The fraction of sp³-hybridized carbons (Fsp3) is 0.182. The van der Waals surface area contributed by atoms with E-state index in [2.05, 4.69) is 11.1 Å². The van der Waals surface area contributed by atoms with E-state index in [0.29, 0.717) is 27.6 Å². The van der Waals surface area contributed by atoms with Gasteiger partial charge in [0, 0.05) is 41.8 Å². The van der Waals surface area contributed by atoms with Gasteiger partial charge in [-0.2, -0.15) is 0 Å². The molecule has 3 heterocycles. The van der Waals surface area contributed by atoms with Crippen molar-refractivity contribution < 1.29 is 9.72 Å². The molecule has 0 bridgehead atoms. The summed E-state index contributed by atoms with van der Waals surface area (Å²) in [6.07, 6.45) is 3.77. The van der Waals surface area contributed by atoms with Crippen LogP contribution in [0.2, 0.25) is 0 Å². The van der Waals surface area contributed by atoms with Crippen molar-refractivity contribution in [2.24, 2.45) is 0 Å². The Kier molecular flexibility index (Phi) is 4.36. The van der Waals surface area contributed by atoms with Gasteiger partial charge in [0.15, 0.2) is 4.96 Å². The van der Waals surface area contributed by atoms with Crippen molar-refractivity contribution in [1.82, 2.24) is 9.38 Å². The second-order valence-corrected chi connectivity index (χ2v) is 8.27. The Bertz CT molecular complexity index is 1310. The fourth-order valence-electron chi connectivity index (χ4n) is 3.93. The summed E-state index contributed by atoms with van der Waals surface area (Å²) in [5.74, 6) is -0.00736. The largest absolute Gasteiger partial charge is 0.307 e. The topological polar surface area (TPSA) is 80.8 Å². The van der Waals surface area contributed by atoms with Crippen molar-refractivity contribution in [3.63, 3.8) is 0 Å². The van der Waals surface area contributed by atoms with Crippen molar-refractivity contribution >= 4 is 33.6 Å². The number of nitro benzene ring substituents is 1. The van der Waals surface area contributed by atoms with E-state index in [1.165, 1.54) is 29.0 Å². The zero-order valence-electron chi connectivity index (χ0n) is 16.2. The van der Waals surface area contributed by atoms with Crippen LogP contribution >= 0.6 is 11.3 Å². The molecule has 0 fully saturated rings. The Morgan fingerprint density at radius 3 is 2.83 bits per heavy atom. The maximum absolute atomic E-state index is 13.3. The summed E-state index contributed by atoms with van der Waals surface area (Å²) in [6, 6.07) is 14.5.